The molecule has 2 rings (SSSR count). The highest BCUT2D eigenvalue weighted by Gasteiger charge is 2.48. The molecule has 0 aliphatic heterocycles. The topological polar surface area (TPSA) is 108 Å². The Morgan fingerprint density at radius 2 is 1.58 bits per heavy atom. The molecule has 36 heavy (non-hydrogen) atoms. The molecule has 0 heterocycles. The Hall–Kier alpha value is -3.12. The molecule has 0 fully saturated rings. The zero-order valence-corrected chi connectivity index (χ0v) is 20.8. The molecule has 12 heteroatoms. The van der Waals surface area contributed by atoms with Crippen LogP contribution in [0.15, 0.2) is 54.6 Å². The van der Waals surface area contributed by atoms with Gasteiger partial charge in [-0.3, -0.25) is 14.9 Å². The second-order valence-electron chi connectivity index (χ2n) is 8.35. The fourth-order valence-electron chi connectivity index (χ4n) is 3.26. The molecule has 8 nitrogen and oxygen atoms in total. The number of alkyl halides is 3. The monoisotopic (exact) mass is 531 g/mol. The number of benzene rings is 2. The van der Waals surface area contributed by atoms with Crippen molar-refractivity contribution >= 4 is 22.1 Å². The Morgan fingerprint density at radius 1 is 0.944 bits per heavy atom. The van der Waals surface area contributed by atoms with E-state index in [0.717, 1.165) is 24.8 Å². The molecule has 2 aromatic rings. The maximum atomic E-state index is 12.8. The van der Waals surface area contributed by atoms with E-state index in [-0.39, 0.29) is 24.5 Å². The van der Waals surface area contributed by atoms with E-state index >= 15 is 0 Å². The molecule has 198 valence electrons. The first kappa shape index (κ1) is 29.1. The first-order valence-corrected chi connectivity index (χ1v) is 12.4. The van der Waals surface area contributed by atoms with Crippen molar-refractivity contribution < 1.29 is 44.8 Å². The van der Waals surface area contributed by atoms with Gasteiger partial charge in [-0.25, -0.2) is 0 Å². The average molecular weight is 532 g/mol. The molecule has 0 bridgehead atoms. The van der Waals surface area contributed by atoms with Crippen LogP contribution < -0.4 is 9.50 Å². The van der Waals surface area contributed by atoms with E-state index in [4.69, 9.17) is 9.47 Å². The largest absolute Gasteiger partial charge is 0.534 e. The van der Waals surface area contributed by atoms with Crippen LogP contribution in [-0.4, -0.2) is 45.1 Å². The maximum Gasteiger partial charge on any atom is 0.534 e. The van der Waals surface area contributed by atoms with Gasteiger partial charge < -0.3 is 13.7 Å². The Labute approximate surface area is 207 Å². The van der Waals surface area contributed by atoms with Crippen LogP contribution in [0.1, 0.15) is 31.4 Å². The Morgan fingerprint density at radius 3 is 2.17 bits per heavy atom. The summed E-state index contributed by atoms with van der Waals surface area (Å²) in [6.45, 7) is 3.80. The van der Waals surface area contributed by atoms with E-state index in [0.29, 0.717) is 6.42 Å². The van der Waals surface area contributed by atoms with Crippen LogP contribution in [0.5, 0.6) is 5.75 Å². The van der Waals surface area contributed by atoms with Gasteiger partial charge in [-0.2, -0.15) is 21.6 Å². The summed E-state index contributed by atoms with van der Waals surface area (Å²) in [6.07, 6.45) is 0.199. The van der Waals surface area contributed by atoms with Crippen LogP contribution in [0.4, 0.5) is 13.2 Å². The molecule has 0 saturated heterocycles. The first-order chi connectivity index (χ1) is 16.8. The summed E-state index contributed by atoms with van der Waals surface area (Å²) in [6, 6.07) is 11.9. The highest BCUT2D eigenvalue weighted by Crippen LogP contribution is 2.27. The lowest BCUT2D eigenvalue weighted by atomic mass is 10.0. The molecule has 0 aliphatic carbocycles. The molecule has 0 aliphatic rings. The third-order valence-electron chi connectivity index (χ3n) is 4.93. The minimum atomic E-state index is -5.86. The van der Waals surface area contributed by atoms with Crippen molar-refractivity contribution in [1.29, 1.82) is 0 Å². The van der Waals surface area contributed by atoms with Crippen LogP contribution in [-0.2, 0) is 42.2 Å². The standard InChI is InChI=1S/C24H28F3NO7S/c1-16(2)12-20(23(30)34-15-17-8-5-4-6-9-17)28-21(22(29)33-3)14-18-10-7-11-19(13-18)35-36(31,32)24(25,26)27/h4-11,13,16,20-21,28H,12,14-15H2,1-3H3/t20-,21-/m0/s1. The van der Waals surface area contributed by atoms with Gasteiger partial charge in [0.25, 0.3) is 0 Å². The number of hydrogen-bond donors (Lipinski definition) is 1. The van der Waals surface area contributed by atoms with Crippen molar-refractivity contribution in [3.8, 4) is 5.75 Å². The van der Waals surface area contributed by atoms with Crippen molar-refractivity contribution in [2.45, 2.75) is 50.9 Å². The molecule has 2 aromatic carbocycles. The number of carbonyl (C=O) groups is 2. The zero-order chi connectivity index (χ0) is 26.9. The van der Waals surface area contributed by atoms with Gasteiger partial charge in [-0.05, 0) is 42.0 Å². The van der Waals surface area contributed by atoms with Crippen molar-refractivity contribution in [3.63, 3.8) is 0 Å². The highest BCUT2D eigenvalue weighted by molar-refractivity contribution is 7.88. The molecule has 0 unspecified atom stereocenters. The molecule has 0 amide bonds. The predicted octanol–water partition coefficient (Wildman–Crippen LogP) is 3.75. The number of methoxy groups -OCH3 is 1. The van der Waals surface area contributed by atoms with E-state index in [2.05, 4.69) is 9.50 Å². The van der Waals surface area contributed by atoms with Crippen LogP contribution in [0.3, 0.4) is 0 Å². The van der Waals surface area contributed by atoms with Gasteiger partial charge in [-0.15, -0.1) is 0 Å². The van der Waals surface area contributed by atoms with Gasteiger partial charge in [0.15, 0.2) is 0 Å². The Kier molecular flexibility index (Phi) is 10.3. The molecule has 0 radical (unpaired) electrons. The molecule has 0 aromatic heterocycles. The number of halogens is 3. The van der Waals surface area contributed by atoms with E-state index in [1.165, 1.54) is 12.1 Å². The summed E-state index contributed by atoms with van der Waals surface area (Å²) in [7, 11) is -4.71. The lowest BCUT2D eigenvalue weighted by Crippen LogP contribution is -2.49. The van der Waals surface area contributed by atoms with Gasteiger partial charge in [0.2, 0.25) is 0 Å². The lowest BCUT2D eigenvalue weighted by molar-refractivity contribution is -0.149. The lowest BCUT2D eigenvalue weighted by Gasteiger charge is -2.24. The highest BCUT2D eigenvalue weighted by atomic mass is 32.2. The number of esters is 2. The summed E-state index contributed by atoms with van der Waals surface area (Å²) in [5.74, 6) is -1.84. The van der Waals surface area contributed by atoms with Crippen LogP contribution >= 0.6 is 0 Å². The zero-order valence-electron chi connectivity index (χ0n) is 19.9. The quantitative estimate of drug-likeness (QED) is 0.251. The van der Waals surface area contributed by atoms with E-state index in [1.807, 2.05) is 19.9 Å². The molecule has 0 spiro atoms. The van der Waals surface area contributed by atoms with Crippen LogP contribution in [0.2, 0.25) is 0 Å². The van der Waals surface area contributed by atoms with Gasteiger partial charge in [0, 0.05) is 0 Å². The summed E-state index contributed by atoms with van der Waals surface area (Å²) < 4.78 is 75.0. The number of rotatable bonds is 12. The van der Waals surface area contributed by atoms with Crippen LogP contribution in [0.25, 0.3) is 0 Å². The van der Waals surface area contributed by atoms with Crippen molar-refractivity contribution in [2.75, 3.05) is 7.11 Å². The van der Waals surface area contributed by atoms with Gasteiger partial charge in [-0.1, -0.05) is 56.3 Å². The second kappa shape index (κ2) is 12.7. The van der Waals surface area contributed by atoms with Gasteiger partial charge >= 0.3 is 27.6 Å². The van der Waals surface area contributed by atoms with Gasteiger partial charge in [0.1, 0.15) is 24.4 Å². The summed E-state index contributed by atoms with van der Waals surface area (Å²) in [5.41, 5.74) is -4.54. The summed E-state index contributed by atoms with van der Waals surface area (Å²) in [4.78, 5) is 25.3. The smallest absolute Gasteiger partial charge is 0.468 e. The average Bonchev–Trinajstić information content (AvgIpc) is 2.80. The third kappa shape index (κ3) is 8.83. The third-order valence-corrected chi connectivity index (χ3v) is 5.91. The predicted molar refractivity (Wildman–Crippen MR) is 124 cm³/mol. The fraction of sp³-hybridized carbons (Fsp3) is 0.417. The molecular formula is C24H28F3NO7S. The number of nitrogens with one attached hydrogen (secondary N) is 1. The van der Waals surface area contributed by atoms with E-state index in [9.17, 15) is 31.2 Å². The van der Waals surface area contributed by atoms with Gasteiger partial charge in [0.05, 0.1) is 7.11 Å². The molecule has 2 atom stereocenters. The SMILES string of the molecule is COC(=O)[C@H](Cc1cccc(OS(=O)(=O)C(F)(F)F)c1)N[C@@H](CC(C)C)C(=O)OCc1ccccc1. The molecule has 0 saturated carbocycles. The Bertz CT molecular complexity index is 1120. The minimum Gasteiger partial charge on any atom is -0.468 e. The summed E-state index contributed by atoms with van der Waals surface area (Å²) >= 11 is 0. The van der Waals surface area contributed by atoms with E-state index in [1.54, 1.807) is 24.3 Å². The Balaban J connectivity index is 2.19. The molecular weight excluding hydrogens is 503 g/mol. The maximum absolute atomic E-state index is 12.8. The van der Waals surface area contributed by atoms with E-state index < -0.39 is 45.4 Å². The van der Waals surface area contributed by atoms with Crippen molar-refractivity contribution in [2.24, 2.45) is 5.92 Å². The second-order valence-corrected chi connectivity index (χ2v) is 9.89. The molecule has 1 N–H and O–H groups in total. The normalized spacial score (nSPS) is 13.6. The first-order valence-electron chi connectivity index (χ1n) is 11.0. The fourth-order valence-corrected chi connectivity index (χ4v) is 3.71. The van der Waals surface area contributed by atoms with Crippen molar-refractivity contribution in [3.05, 3.63) is 65.7 Å². The number of hydrogen-bond acceptors (Lipinski definition) is 8. The summed E-state index contributed by atoms with van der Waals surface area (Å²) in [5, 5.41) is 2.92. The minimum absolute atomic E-state index is 0.0336. The van der Waals surface area contributed by atoms with Crippen molar-refractivity contribution in [1.82, 2.24) is 5.32 Å². The van der Waals surface area contributed by atoms with Crippen LogP contribution in [0, 0.1) is 5.92 Å². The number of ether oxygens (including phenoxy) is 2. The number of carbonyl (C=O) groups excluding carboxylic acids is 2.